The average molecular weight is 274 g/mol. The topological polar surface area (TPSA) is 72.2 Å². The second-order valence-electron chi connectivity index (χ2n) is 4.47. The SMILES string of the molecule is CCC(O)c1c(C)nn(CCS(=O)(=O)CC)c1C. The van der Waals surface area contributed by atoms with Crippen LogP contribution < -0.4 is 0 Å². The molecular weight excluding hydrogens is 252 g/mol. The Morgan fingerprint density at radius 3 is 2.44 bits per heavy atom. The lowest BCUT2D eigenvalue weighted by Crippen LogP contribution is -2.16. The first-order chi connectivity index (χ1) is 8.32. The molecule has 5 nitrogen and oxygen atoms in total. The quantitative estimate of drug-likeness (QED) is 0.850. The van der Waals surface area contributed by atoms with E-state index in [2.05, 4.69) is 5.10 Å². The predicted octanol–water partition coefficient (Wildman–Crippen LogP) is 1.38. The lowest BCUT2D eigenvalue weighted by molar-refractivity contribution is 0.172. The fourth-order valence-electron chi connectivity index (χ4n) is 1.98. The third-order valence-electron chi connectivity index (χ3n) is 3.21. The van der Waals surface area contributed by atoms with Crippen LogP contribution in [-0.4, -0.2) is 34.8 Å². The summed E-state index contributed by atoms with van der Waals surface area (Å²) in [4.78, 5) is 0. The van der Waals surface area contributed by atoms with Gasteiger partial charge in [-0.25, -0.2) is 8.42 Å². The summed E-state index contributed by atoms with van der Waals surface area (Å²) in [6.45, 7) is 7.60. The summed E-state index contributed by atoms with van der Waals surface area (Å²) in [6, 6.07) is 0. The Balaban J connectivity index is 2.93. The highest BCUT2D eigenvalue weighted by Gasteiger charge is 2.18. The molecule has 0 saturated carbocycles. The van der Waals surface area contributed by atoms with E-state index in [1.54, 1.807) is 11.6 Å². The number of hydrogen-bond acceptors (Lipinski definition) is 4. The molecule has 0 aliphatic heterocycles. The van der Waals surface area contributed by atoms with Crippen molar-refractivity contribution in [1.82, 2.24) is 9.78 Å². The number of nitrogens with zero attached hydrogens (tertiary/aromatic N) is 2. The largest absolute Gasteiger partial charge is 0.388 e. The number of aliphatic hydroxyl groups is 1. The first-order valence-electron chi connectivity index (χ1n) is 6.24. The fourth-order valence-corrected chi connectivity index (χ4v) is 2.72. The van der Waals surface area contributed by atoms with Crippen LogP contribution >= 0.6 is 0 Å². The van der Waals surface area contributed by atoms with Gasteiger partial charge in [-0.05, 0) is 20.3 Å². The predicted molar refractivity (Wildman–Crippen MR) is 71.3 cm³/mol. The minimum Gasteiger partial charge on any atom is -0.388 e. The molecular formula is C12H22N2O3S. The van der Waals surface area contributed by atoms with E-state index in [1.165, 1.54) is 0 Å². The molecule has 104 valence electrons. The van der Waals surface area contributed by atoms with E-state index in [0.717, 1.165) is 17.0 Å². The van der Waals surface area contributed by atoms with Crippen LogP contribution in [0.4, 0.5) is 0 Å². The van der Waals surface area contributed by atoms with Gasteiger partial charge in [-0.3, -0.25) is 4.68 Å². The molecule has 0 radical (unpaired) electrons. The molecule has 1 rings (SSSR count). The molecule has 0 fully saturated rings. The third-order valence-corrected chi connectivity index (χ3v) is 4.90. The number of aromatic nitrogens is 2. The van der Waals surface area contributed by atoms with Crippen LogP contribution in [0.3, 0.4) is 0 Å². The molecule has 0 amide bonds. The molecule has 1 atom stereocenters. The van der Waals surface area contributed by atoms with Crippen LogP contribution in [0.5, 0.6) is 0 Å². The van der Waals surface area contributed by atoms with E-state index in [4.69, 9.17) is 0 Å². The van der Waals surface area contributed by atoms with Crippen molar-refractivity contribution in [3.05, 3.63) is 17.0 Å². The van der Waals surface area contributed by atoms with Crippen LogP contribution in [0, 0.1) is 13.8 Å². The van der Waals surface area contributed by atoms with E-state index in [9.17, 15) is 13.5 Å². The van der Waals surface area contributed by atoms with E-state index in [-0.39, 0.29) is 11.5 Å². The van der Waals surface area contributed by atoms with Crippen molar-refractivity contribution in [3.8, 4) is 0 Å². The highest BCUT2D eigenvalue weighted by molar-refractivity contribution is 7.91. The number of aryl methyl sites for hydroxylation is 2. The van der Waals surface area contributed by atoms with E-state index >= 15 is 0 Å². The number of aliphatic hydroxyl groups excluding tert-OH is 1. The zero-order valence-corrected chi connectivity index (χ0v) is 12.3. The first-order valence-corrected chi connectivity index (χ1v) is 8.06. The highest BCUT2D eigenvalue weighted by Crippen LogP contribution is 2.23. The minimum atomic E-state index is -2.99. The average Bonchev–Trinajstić information content (AvgIpc) is 2.61. The summed E-state index contributed by atoms with van der Waals surface area (Å²) in [7, 11) is -2.99. The van der Waals surface area contributed by atoms with Crippen molar-refractivity contribution in [3.63, 3.8) is 0 Å². The van der Waals surface area contributed by atoms with E-state index in [0.29, 0.717) is 13.0 Å². The fraction of sp³-hybridized carbons (Fsp3) is 0.750. The Kier molecular flexibility index (Phi) is 4.92. The van der Waals surface area contributed by atoms with Crippen LogP contribution in [0.25, 0.3) is 0 Å². The second kappa shape index (κ2) is 5.84. The third kappa shape index (κ3) is 3.32. The molecule has 1 aromatic heterocycles. The van der Waals surface area contributed by atoms with Gasteiger partial charge in [0.05, 0.1) is 24.1 Å². The molecule has 0 spiro atoms. The van der Waals surface area contributed by atoms with E-state index in [1.807, 2.05) is 20.8 Å². The van der Waals surface area contributed by atoms with Gasteiger partial charge < -0.3 is 5.11 Å². The molecule has 18 heavy (non-hydrogen) atoms. The standard InChI is InChI=1S/C12H22N2O3S/c1-5-11(15)12-9(3)13-14(10(12)4)7-8-18(16,17)6-2/h11,15H,5-8H2,1-4H3. The highest BCUT2D eigenvalue weighted by atomic mass is 32.2. The molecule has 0 bridgehead atoms. The zero-order chi connectivity index (χ0) is 13.9. The van der Waals surface area contributed by atoms with Crippen molar-refractivity contribution in [2.75, 3.05) is 11.5 Å². The van der Waals surface area contributed by atoms with Gasteiger partial charge in [0.25, 0.3) is 0 Å². The van der Waals surface area contributed by atoms with Crippen LogP contribution in [0.15, 0.2) is 0 Å². The van der Waals surface area contributed by atoms with Crippen molar-refractivity contribution >= 4 is 9.84 Å². The molecule has 0 aliphatic carbocycles. The molecule has 0 aromatic carbocycles. The molecule has 0 saturated heterocycles. The van der Waals surface area contributed by atoms with Crippen molar-refractivity contribution in [1.29, 1.82) is 0 Å². The monoisotopic (exact) mass is 274 g/mol. The van der Waals surface area contributed by atoms with Gasteiger partial charge in [-0.2, -0.15) is 5.10 Å². The Morgan fingerprint density at radius 1 is 1.33 bits per heavy atom. The number of sulfone groups is 1. The summed E-state index contributed by atoms with van der Waals surface area (Å²) < 4.78 is 24.6. The van der Waals surface area contributed by atoms with Crippen LogP contribution in [0.2, 0.25) is 0 Å². The molecule has 1 aromatic rings. The lowest BCUT2D eigenvalue weighted by atomic mass is 10.1. The van der Waals surface area contributed by atoms with Gasteiger partial charge in [-0.15, -0.1) is 0 Å². The molecule has 6 heteroatoms. The van der Waals surface area contributed by atoms with Crippen LogP contribution in [0.1, 0.15) is 43.3 Å². The van der Waals surface area contributed by atoms with Gasteiger partial charge in [-0.1, -0.05) is 13.8 Å². The van der Waals surface area contributed by atoms with Gasteiger partial charge in [0.2, 0.25) is 0 Å². The van der Waals surface area contributed by atoms with E-state index < -0.39 is 15.9 Å². The zero-order valence-electron chi connectivity index (χ0n) is 11.5. The van der Waals surface area contributed by atoms with Gasteiger partial charge in [0.15, 0.2) is 9.84 Å². The molecule has 1 N–H and O–H groups in total. The lowest BCUT2D eigenvalue weighted by Gasteiger charge is -2.09. The summed E-state index contributed by atoms with van der Waals surface area (Å²) in [5.41, 5.74) is 2.45. The van der Waals surface area contributed by atoms with Crippen molar-refractivity contribution in [2.45, 2.75) is 46.8 Å². The van der Waals surface area contributed by atoms with Crippen molar-refractivity contribution in [2.24, 2.45) is 0 Å². The van der Waals surface area contributed by atoms with Gasteiger partial charge in [0.1, 0.15) is 0 Å². The maximum absolute atomic E-state index is 11.5. The second-order valence-corrected chi connectivity index (χ2v) is 6.94. The number of hydrogen-bond donors (Lipinski definition) is 1. The van der Waals surface area contributed by atoms with Gasteiger partial charge >= 0.3 is 0 Å². The molecule has 1 unspecified atom stereocenters. The summed E-state index contributed by atoms with van der Waals surface area (Å²) in [5.74, 6) is 0.240. The van der Waals surface area contributed by atoms with Crippen LogP contribution in [-0.2, 0) is 16.4 Å². The Morgan fingerprint density at radius 2 is 1.94 bits per heavy atom. The Labute approximate surface area is 109 Å². The number of rotatable bonds is 6. The Bertz CT molecular complexity index is 506. The molecule has 1 heterocycles. The molecule has 0 aliphatic rings. The smallest absolute Gasteiger partial charge is 0.151 e. The maximum atomic E-state index is 11.5. The Hall–Kier alpha value is -0.880. The van der Waals surface area contributed by atoms with Crippen molar-refractivity contribution < 1.29 is 13.5 Å². The summed E-state index contributed by atoms with van der Waals surface area (Å²) in [5, 5.41) is 14.2. The summed E-state index contributed by atoms with van der Waals surface area (Å²) in [6.07, 6.45) is 0.0993. The maximum Gasteiger partial charge on any atom is 0.151 e. The summed E-state index contributed by atoms with van der Waals surface area (Å²) >= 11 is 0. The minimum absolute atomic E-state index is 0.0904. The first kappa shape index (κ1) is 15.2. The normalized spacial score (nSPS) is 13.8. The van der Waals surface area contributed by atoms with Gasteiger partial charge in [0, 0.05) is 17.0 Å².